The first-order chi connectivity index (χ1) is 37.7. The summed E-state index contributed by atoms with van der Waals surface area (Å²) in [6.07, 6.45) is -16.1. The highest BCUT2D eigenvalue weighted by molar-refractivity contribution is 7.65. The van der Waals surface area contributed by atoms with Crippen molar-refractivity contribution >= 4 is 82.5 Å². The molecule has 9 heterocycles. The van der Waals surface area contributed by atoms with Crippen LogP contribution in [0.2, 0.25) is 0 Å². The van der Waals surface area contributed by atoms with E-state index < -0.39 is 143 Å². The van der Waals surface area contributed by atoms with Gasteiger partial charge in [0.15, 0.2) is 41.4 Å². The van der Waals surface area contributed by atoms with Gasteiger partial charge in [-0.3, -0.25) is 51.5 Å². The van der Waals surface area contributed by atoms with E-state index in [9.17, 15) is 62.7 Å². The van der Waals surface area contributed by atoms with E-state index in [-0.39, 0.29) is 51.2 Å². The van der Waals surface area contributed by atoms with Crippen LogP contribution in [0, 0.1) is 0 Å². The topological polar surface area (TPSA) is 597 Å². The highest BCUT2D eigenvalue weighted by atomic mass is 31.3. The van der Waals surface area contributed by atoms with Crippen molar-refractivity contribution in [1.82, 2.24) is 53.6 Å². The normalized spacial score (nSPS) is 29.1. The van der Waals surface area contributed by atoms with Crippen LogP contribution in [-0.2, 0) is 75.7 Å². The van der Waals surface area contributed by atoms with Crippen molar-refractivity contribution in [2.24, 2.45) is 12.2 Å². The van der Waals surface area contributed by atoms with Gasteiger partial charge in [0.05, 0.1) is 39.5 Å². The number of aryl methyl sites for hydroxylation is 1. The van der Waals surface area contributed by atoms with Crippen LogP contribution in [0.1, 0.15) is 18.7 Å². The monoisotopic (exact) mass is 1210 g/mol. The van der Waals surface area contributed by atoms with Gasteiger partial charge in [-0.2, -0.15) is 4.98 Å². The van der Waals surface area contributed by atoms with Gasteiger partial charge in [0.2, 0.25) is 17.7 Å². The average molecular weight is 1210 g/mol. The van der Waals surface area contributed by atoms with Crippen LogP contribution < -0.4 is 52.0 Å². The summed E-state index contributed by atoms with van der Waals surface area (Å²) in [6.45, 7) is -4.49. The maximum Gasteiger partial charge on any atom is 0.313 e. The van der Waals surface area contributed by atoms with Crippen LogP contribution >= 0.6 is 31.3 Å². The lowest BCUT2D eigenvalue weighted by atomic mass is 10.1. The molecule has 3 fully saturated rings. The minimum atomic E-state index is -6.63. The predicted molar refractivity (Wildman–Crippen MR) is 248 cm³/mol. The van der Waals surface area contributed by atoms with Crippen LogP contribution in [0.15, 0.2) is 40.0 Å². The van der Waals surface area contributed by atoms with Gasteiger partial charge in [-0.25, -0.2) is 33.1 Å². The summed E-state index contributed by atoms with van der Waals surface area (Å²) < 4.78 is 113. The number of aromatic amines is 2. The lowest BCUT2D eigenvalue weighted by molar-refractivity contribution is -0.745. The summed E-state index contributed by atoms with van der Waals surface area (Å²) >= 11 is 0. The van der Waals surface area contributed by atoms with Gasteiger partial charge in [-0.05, 0) is 5.53 Å². The zero-order chi connectivity index (χ0) is 57.8. The van der Waals surface area contributed by atoms with Crippen molar-refractivity contribution in [3.63, 3.8) is 0 Å². The number of anilines is 3. The van der Waals surface area contributed by atoms with Gasteiger partial charge in [0.25, 0.3) is 48.4 Å². The number of aliphatic hydroxyl groups is 3. The van der Waals surface area contributed by atoms with Crippen LogP contribution in [0.3, 0.4) is 0 Å². The summed E-state index contributed by atoms with van der Waals surface area (Å²) in [7, 11) is -21.0. The molecule has 46 heteroatoms. The molecular formula is C34H43N18O24P4-3. The van der Waals surface area contributed by atoms with E-state index in [1.807, 2.05) is 0 Å². The number of phosphoric ester groups is 3. The highest BCUT2D eigenvalue weighted by Gasteiger charge is 2.52. The number of hydrogen-bond donors (Lipinski definition) is 8. The maximum atomic E-state index is 13.6. The molecule has 0 spiro atoms. The van der Waals surface area contributed by atoms with E-state index >= 15 is 0 Å². The fourth-order valence-electron chi connectivity index (χ4n) is 8.76. The molecule has 3 aliphatic rings. The fourth-order valence-corrected chi connectivity index (χ4v) is 13.1. The molecule has 3 aliphatic heterocycles. The second kappa shape index (κ2) is 22.8. The van der Waals surface area contributed by atoms with Crippen LogP contribution in [-0.4, -0.2) is 165 Å². The number of ether oxygens (including phenoxy) is 5. The number of aliphatic hydroxyl groups excluding tert-OH is 3. The Kier molecular flexibility index (Phi) is 16.8. The Balaban J connectivity index is 0.880. The largest absolute Gasteiger partial charge is 0.756 e. The number of azide groups is 1. The number of H-pyrrole nitrogens is 2. The first-order valence-corrected chi connectivity index (χ1v) is 28.4. The molecule has 0 saturated carbocycles. The summed E-state index contributed by atoms with van der Waals surface area (Å²) in [5.41, 5.74) is 18.2. The van der Waals surface area contributed by atoms with Crippen molar-refractivity contribution in [3.8, 4) is 0 Å². The zero-order valence-corrected chi connectivity index (χ0v) is 44.3. The SMILES string of the molecule is CNc1ncnc2c1ncn2[C@@H]1O[C@H](COP(=O)([O-])OP(=O)([O-])OP(=O)([O-])OC[C@H]2O[C@@H]([n+]3cn(C)c4c(=O)[nH]c(N)nc43)C(O)[C@H]2OCN=[N+]=[N-])C(OP(=O)([O-])OC[C@H]2O[C@@H](n3cnc4c(=O)[nH]c(N)nc43)[C@@H](O)C2O)[C@@H]1OC. The number of nitrogen functional groups attached to an aromatic ring is 2. The highest BCUT2D eigenvalue weighted by Crippen LogP contribution is 2.63. The number of rotatable bonds is 23. The van der Waals surface area contributed by atoms with Crippen LogP contribution in [0.25, 0.3) is 43.9 Å². The molecular weight excluding hydrogens is 1170 g/mol. The van der Waals surface area contributed by atoms with Crippen molar-refractivity contribution in [3.05, 3.63) is 56.5 Å². The van der Waals surface area contributed by atoms with Gasteiger partial charge in [0.1, 0.15) is 73.5 Å². The summed E-state index contributed by atoms with van der Waals surface area (Å²) in [5.74, 6) is -0.463. The summed E-state index contributed by atoms with van der Waals surface area (Å²) in [6, 6.07) is 0. The van der Waals surface area contributed by atoms with Gasteiger partial charge in [-0.1, -0.05) is 10.1 Å². The van der Waals surface area contributed by atoms with Crippen LogP contribution in [0.4, 0.5) is 17.7 Å². The summed E-state index contributed by atoms with van der Waals surface area (Å²) in [5, 5.41) is 38.9. The number of hydrogen-bond acceptors (Lipinski definition) is 34. The molecule has 0 aliphatic carbocycles. The van der Waals surface area contributed by atoms with E-state index in [1.54, 1.807) is 0 Å². The number of methoxy groups -OCH3 is 1. The molecule has 80 heavy (non-hydrogen) atoms. The fraction of sp³-hybridized carbons (Fsp3) is 0.559. The number of phosphoric acid groups is 4. The Hall–Kier alpha value is -5.84. The maximum absolute atomic E-state index is 13.6. The standard InChI is InChI=1S/C34H46N18O24P4/c1-38-24-15-25(40-7-39-24)50(8-41-15)32-23(66-3)22(74-77(58,59)68-4-12-18(53)19(54)30(71-12)51-9-42-16-26(51)44-33(35)46-28(16)56)14(73-32)6-70-79(62,63)76-80(64,65)75-78(60,61)69-5-13-21(67-10-43-48-37)20(55)31(72-13)52-11-49(2)17-27(52)45-34(36)47-29(17)57/h7-9,11-14,18-23,30-32,53-55H,4-6,10H2,1-3H3,(H10-,35,36,38,39,40,44,45,46,47,56,57,58,59,60,61,62,63,64,65)/p-3/t12-,13-,14-,18?,19+,20?,21+,22?,23+,30-,31-,32-/m1/s1. The third kappa shape index (κ3) is 12.0. The molecule has 9 rings (SSSR count). The summed E-state index contributed by atoms with van der Waals surface area (Å²) in [4.78, 5) is 109. The number of imidazole rings is 3. The molecule has 42 nitrogen and oxygen atoms in total. The molecule has 10 N–H and O–H groups in total. The molecule has 7 unspecified atom stereocenters. The molecule has 0 bridgehead atoms. The molecule has 436 valence electrons. The third-order valence-corrected chi connectivity index (χ3v) is 17.2. The first kappa shape index (κ1) is 58.8. The second-order valence-corrected chi connectivity index (χ2v) is 23.0. The number of nitrogens with zero attached hydrogens (tertiary/aromatic N) is 13. The van der Waals surface area contributed by atoms with E-state index in [2.05, 4.69) is 68.4 Å². The van der Waals surface area contributed by atoms with Gasteiger partial charge >= 0.3 is 5.65 Å². The first-order valence-electron chi connectivity index (χ1n) is 22.5. The van der Waals surface area contributed by atoms with Crippen molar-refractivity contribution in [2.45, 2.75) is 73.6 Å². The molecule has 0 amide bonds. The lowest BCUT2D eigenvalue weighted by Gasteiger charge is -2.35. The quantitative estimate of drug-likeness (QED) is 0.00975. The van der Waals surface area contributed by atoms with Gasteiger partial charge in [0, 0.05) is 19.1 Å². The minimum absolute atomic E-state index is 0.0366. The number of nitrogens with one attached hydrogen (secondary N) is 3. The molecule has 16 atom stereocenters. The molecule has 0 aromatic carbocycles. The van der Waals surface area contributed by atoms with Crippen molar-refractivity contribution in [1.29, 1.82) is 0 Å². The van der Waals surface area contributed by atoms with E-state index in [0.29, 0.717) is 0 Å². The Morgan fingerprint density at radius 2 is 1.38 bits per heavy atom. The third-order valence-electron chi connectivity index (χ3n) is 12.1. The van der Waals surface area contributed by atoms with Gasteiger partial charge < -0.3 is 93.5 Å². The number of aromatic nitrogens is 12. The number of nitrogens with two attached hydrogens (primary N) is 2. The molecule has 3 saturated heterocycles. The van der Waals surface area contributed by atoms with Gasteiger partial charge in [-0.15, -0.1) is 0 Å². The Bertz CT molecular complexity index is 3670. The van der Waals surface area contributed by atoms with Crippen molar-refractivity contribution < 1.29 is 108 Å². The Morgan fingerprint density at radius 1 is 0.775 bits per heavy atom. The van der Waals surface area contributed by atoms with E-state index in [0.717, 1.165) is 35.2 Å². The number of fused-ring (bicyclic) bond motifs is 3. The molecule has 6 aromatic rings. The Morgan fingerprint density at radius 3 is 2.04 bits per heavy atom. The minimum Gasteiger partial charge on any atom is -0.756 e. The Labute approximate surface area is 443 Å². The van der Waals surface area contributed by atoms with Crippen molar-refractivity contribution in [2.75, 3.05) is 57.5 Å². The predicted octanol–water partition coefficient (Wildman–Crippen LogP) is -5.49. The smallest absolute Gasteiger partial charge is 0.313 e. The van der Waals surface area contributed by atoms with E-state index in [1.165, 1.54) is 29.6 Å². The van der Waals surface area contributed by atoms with Crippen LogP contribution in [0.5, 0.6) is 0 Å². The van der Waals surface area contributed by atoms with E-state index in [4.69, 9.17) is 54.3 Å². The average Bonchev–Trinajstić information content (AvgIpc) is 4.29. The second-order valence-electron chi connectivity index (χ2n) is 17.1. The zero-order valence-electron chi connectivity index (χ0n) is 40.7. The molecule has 6 aromatic heterocycles. The molecule has 0 radical (unpaired) electrons. The lowest BCUT2D eigenvalue weighted by Crippen LogP contribution is -2.46.